The maximum atomic E-state index is 11.6. The number of aliphatic carboxylic acids is 1. The Kier molecular flexibility index (Phi) is 9.00. The SMILES string of the molecule is CCCCCCOCc1ccc(C=NN=C2NC(=O)C(CC(=O)O)S2)cc1. The predicted octanol–water partition coefficient (Wildman–Crippen LogP) is 3.18. The molecule has 27 heavy (non-hydrogen) atoms. The first-order valence-corrected chi connectivity index (χ1v) is 9.93. The summed E-state index contributed by atoms with van der Waals surface area (Å²) in [7, 11) is 0. The van der Waals surface area contributed by atoms with E-state index in [0.717, 1.165) is 35.9 Å². The van der Waals surface area contributed by atoms with Gasteiger partial charge in [-0.05, 0) is 17.5 Å². The smallest absolute Gasteiger partial charge is 0.305 e. The van der Waals surface area contributed by atoms with Crippen molar-refractivity contribution in [3.63, 3.8) is 0 Å². The molecular weight excluding hydrogens is 366 g/mol. The first-order chi connectivity index (χ1) is 13.1. The highest BCUT2D eigenvalue weighted by molar-refractivity contribution is 8.15. The average Bonchev–Trinajstić information content (AvgIpc) is 2.98. The number of nitrogens with zero attached hydrogens (tertiary/aromatic N) is 2. The van der Waals surface area contributed by atoms with Crippen molar-refractivity contribution in [3.8, 4) is 0 Å². The van der Waals surface area contributed by atoms with Crippen LogP contribution in [0.3, 0.4) is 0 Å². The lowest BCUT2D eigenvalue weighted by Gasteiger charge is -2.04. The minimum absolute atomic E-state index is 0.235. The highest BCUT2D eigenvalue weighted by Gasteiger charge is 2.32. The van der Waals surface area contributed by atoms with Gasteiger partial charge in [-0.15, -0.1) is 5.10 Å². The number of rotatable bonds is 11. The summed E-state index contributed by atoms with van der Waals surface area (Å²) in [5, 5.41) is 18.8. The van der Waals surface area contributed by atoms with E-state index >= 15 is 0 Å². The number of ether oxygens (including phenoxy) is 1. The Bertz CT molecular complexity index is 689. The molecule has 1 atom stereocenters. The van der Waals surface area contributed by atoms with E-state index in [4.69, 9.17) is 9.84 Å². The Labute approximate surface area is 163 Å². The van der Waals surface area contributed by atoms with Gasteiger partial charge in [0.2, 0.25) is 5.91 Å². The molecule has 0 aromatic heterocycles. The number of carbonyl (C=O) groups excluding carboxylic acids is 1. The Hall–Kier alpha value is -2.19. The lowest BCUT2D eigenvalue weighted by molar-refractivity contribution is -0.138. The van der Waals surface area contributed by atoms with Gasteiger partial charge in [0.1, 0.15) is 5.25 Å². The van der Waals surface area contributed by atoms with Crippen LogP contribution >= 0.6 is 11.8 Å². The summed E-state index contributed by atoms with van der Waals surface area (Å²) in [6.45, 7) is 3.57. The van der Waals surface area contributed by atoms with Gasteiger partial charge in [-0.3, -0.25) is 9.59 Å². The third-order valence-electron chi connectivity index (χ3n) is 3.88. The van der Waals surface area contributed by atoms with Crippen LogP contribution in [0.25, 0.3) is 0 Å². The van der Waals surface area contributed by atoms with Gasteiger partial charge < -0.3 is 15.2 Å². The second kappa shape index (κ2) is 11.5. The molecule has 1 aliphatic rings. The van der Waals surface area contributed by atoms with Crippen LogP contribution in [-0.2, 0) is 20.9 Å². The van der Waals surface area contributed by atoms with E-state index in [0.29, 0.717) is 11.8 Å². The minimum Gasteiger partial charge on any atom is -0.481 e. The molecule has 1 aromatic rings. The minimum atomic E-state index is -1.02. The van der Waals surface area contributed by atoms with Gasteiger partial charge in [0, 0.05) is 6.61 Å². The van der Waals surface area contributed by atoms with E-state index < -0.39 is 11.2 Å². The Morgan fingerprint density at radius 3 is 2.78 bits per heavy atom. The fourth-order valence-corrected chi connectivity index (χ4v) is 3.33. The van der Waals surface area contributed by atoms with Gasteiger partial charge in [-0.25, -0.2) is 0 Å². The zero-order chi connectivity index (χ0) is 19.5. The number of amidine groups is 1. The molecule has 1 heterocycles. The van der Waals surface area contributed by atoms with Gasteiger partial charge in [0.25, 0.3) is 0 Å². The third kappa shape index (κ3) is 7.92. The number of carboxylic acid groups (broad SMARTS) is 1. The first kappa shape index (κ1) is 21.1. The topological polar surface area (TPSA) is 100 Å². The molecule has 1 aliphatic heterocycles. The maximum Gasteiger partial charge on any atom is 0.305 e. The molecular formula is C19H25N3O4S. The van der Waals surface area contributed by atoms with Crippen LogP contribution in [0, 0.1) is 0 Å². The summed E-state index contributed by atoms with van der Waals surface area (Å²) in [4.78, 5) is 22.3. The molecule has 1 fully saturated rings. The number of amides is 1. The number of hydrogen-bond donors (Lipinski definition) is 2. The molecule has 0 radical (unpaired) electrons. The predicted molar refractivity (Wildman–Crippen MR) is 107 cm³/mol. The Balaban J connectivity index is 1.75. The van der Waals surface area contributed by atoms with E-state index in [-0.39, 0.29) is 12.3 Å². The number of thioether (sulfide) groups is 1. The van der Waals surface area contributed by atoms with Crippen LogP contribution in [0.1, 0.15) is 50.2 Å². The van der Waals surface area contributed by atoms with Crippen molar-refractivity contribution in [2.75, 3.05) is 6.61 Å². The molecule has 0 saturated carbocycles. The lowest BCUT2D eigenvalue weighted by atomic mass is 10.1. The van der Waals surface area contributed by atoms with Gasteiger partial charge in [-0.1, -0.05) is 62.2 Å². The second-order valence-electron chi connectivity index (χ2n) is 6.20. The standard InChI is InChI=1S/C19H25N3O4S/c1-2-3-4-5-10-26-13-15-8-6-14(7-9-15)12-20-22-19-21-18(25)16(27-19)11-17(23)24/h6-9,12,16H,2-5,10-11,13H2,1H3,(H,23,24)(H,21,22,25). The summed E-state index contributed by atoms with van der Waals surface area (Å²) in [5.74, 6) is -1.37. The molecule has 0 spiro atoms. The molecule has 146 valence electrons. The zero-order valence-electron chi connectivity index (χ0n) is 15.4. The second-order valence-corrected chi connectivity index (χ2v) is 7.39. The lowest BCUT2D eigenvalue weighted by Crippen LogP contribution is -2.26. The summed E-state index contributed by atoms with van der Waals surface area (Å²) in [6.07, 6.45) is 6.14. The van der Waals surface area contributed by atoms with Crippen LogP contribution < -0.4 is 5.32 Å². The Morgan fingerprint density at radius 2 is 2.07 bits per heavy atom. The highest BCUT2D eigenvalue weighted by Crippen LogP contribution is 2.22. The fraction of sp³-hybridized carbons (Fsp3) is 0.474. The molecule has 0 aliphatic carbocycles. The van der Waals surface area contributed by atoms with Crippen molar-refractivity contribution in [3.05, 3.63) is 35.4 Å². The van der Waals surface area contributed by atoms with Crippen LogP contribution in [0.2, 0.25) is 0 Å². The van der Waals surface area contributed by atoms with Crippen molar-refractivity contribution >= 4 is 35.0 Å². The van der Waals surface area contributed by atoms with E-state index in [1.807, 2.05) is 24.3 Å². The van der Waals surface area contributed by atoms with Gasteiger partial charge in [0.05, 0.1) is 19.2 Å². The Morgan fingerprint density at radius 1 is 1.30 bits per heavy atom. The molecule has 2 N–H and O–H groups in total. The summed E-state index contributed by atoms with van der Waals surface area (Å²) in [6, 6.07) is 7.81. The third-order valence-corrected chi connectivity index (χ3v) is 4.95. The van der Waals surface area contributed by atoms with Crippen molar-refractivity contribution < 1.29 is 19.4 Å². The number of carbonyl (C=O) groups is 2. The molecule has 2 rings (SSSR count). The molecule has 1 unspecified atom stereocenters. The summed E-state index contributed by atoms with van der Waals surface area (Å²) >= 11 is 1.08. The van der Waals surface area contributed by atoms with Crippen LogP contribution in [0.15, 0.2) is 34.5 Å². The van der Waals surface area contributed by atoms with Gasteiger partial charge in [-0.2, -0.15) is 5.10 Å². The molecule has 7 nitrogen and oxygen atoms in total. The fourth-order valence-electron chi connectivity index (χ4n) is 2.41. The largest absolute Gasteiger partial charge is 0.481 e. The molecule has 1 amide bonds. The molecule has 1 aromatic carbocycles. The number of hydrogen-bond acceptors (Lipinski definition) is 6. The monoisotopic (exact) mass is 391 g/mol. The summed E-state index contributed by atoms with van der Waals surface area (Å²) in [5.41, 5.74) is 1.98. The van der Waals surface area contributed by atoms with Crippen molar-refractivity contribution in [2.45, 2.75) is 50.9 Å². The number of nitrogens with one attached hydrogen (secondary N) is 1. The average molecular weight is 391 g/mol. The van der Waals surface area contributed by atoms with Gasteiger partial charge in [0.15, 0.2) is 5.17 Å². The quantitative estimate of drug-likeness (QED) is 0.343. The zero-order valence-corrected chi connectivity index (χ0v) is 16.2. The van der Waals surface area contributed by atoms with Crippen molar-refractivity contribution in [2.24, 2.45) is 10.2 Å². The van der Waals surface area contributed by atoms with E-state index in [2.05, 4.69) is 22.4 Å². The van der Waals surface area contributed by atoms with Crippen LogP contribution in [0.4, 0.5) is 0 Å². The van der Waals surface area contributed by atoms with E-state index in [1.165, 1.54) is 19.3 Å². The van der Waals surface area contributed by atoms with Crippen molar-refractivity contribution in [1.29, 1.82) is 0 Å². The van der Waals surface area contributed by atoms with Crippen molar-refractivity contribution in [1.82, 2.24) is 5.32 Å². The normalized spacial score (nSPS) is 18.3. The van der Waals surface area contributed by atoms with E-state index in [9.17, 15) is 9.59 Å². The van der Waals surface area contributed by atoms with Gasteiger partial charge >= 0.3 is 5.97 Å². The molecule has 0 bridgehead atoms. The van der Waals surface area contributed by atoms with Crippen LogP contribution in [-0.4, -0.2) is 40.2 Å². The highest BCUT2D eigenvalue weighted by atomic mass is 32.2. The first-order valence-electron chi connectivity index (χ1n) is 9.05. The number of carboxylic acids is 1. The van der Waals surface area contributed by atoms with Crippen LogP contribution in [0.5, 0.6) is 0 Å². The number of benzene rings is 1. The van der Waals surface area contributed by atoms with E-state index in [1.54, 1.807) is 6.21 Å². The molecule has 1 saturated heterocycles. The number of unbranched alkanes of at least 4 members (excludes halogenated alkanes) is 3. The molecule has 8 heteroatoms. The summed E-state index contributed by atoms with van der Waals surface area (Å²) < 4.78 is 5.66. The maximum absolute atomic E-state index is 11.6.